The van der Waals surface area contributed by atoms with Crippen LogP contribution in [0.25, 0.3) is 0 Å². The third-order valence-corrected chi connectivity index (χ3v) is 1.98. The molecule has 0 aliphatic carbocycles. The lowest BCUT2D eigenvalue weighted by Crippen LogP contribution is -2.10. The van der Waals surface area contributed by atoms with Crippen LogP contribution in [0.3, 0.4) is 0 Å². The number of rotatable bonds is 4. The lowest BCUT2D eigenvalue weighted by atomic mass is 10.1. The summed E-state index contributed by atoms with van der Waals surface area (Å²) in [4.78, 5) is 40.2. The number of hydrogen-bond donors (Lipinski definition) is 2. The van der Waals surface area contributed by atoms with Gasteiger partial charge in [-0.3, -0.25) is 20.2 Å². The minimum absolute atomic E-state index is 0.636. The highest BCUT2D eigenvalue weighted by molar-refractivity contribution is 6.01. The van der Waals surface area contributed by atoms with E-state index >= 15 is 0 Å². The quantitative estimate of drug-likeness (QED) is 0.592. The minimum atomic E-state index is -1.76. The summed E-state index contributed by atoms with van der Waals surface area (Å²) in [5, 5.41) is 38.7. The van der Waals surface area contributed by atoms with Crippen LogP contribution in [-0.2, 0) is 0 Å². The van der Waals surface area contributed by atoms with E-state index in [1.807, 2.05) is 0 Å². The maximum Gasteiger partial charge on any atom is 0.361 e. The molecule has 0 unspecified atom stereocenters. The van der Waals surface area contributed by atoms with E-state index in [9.17, 15) is 29.8 Å². The van der Waals surface area contributed by atoms with Crippen LogP contribution in [0, 0.1) is 20.2 Å². The van der Waals surface area contributed by atoms with Gasteiger partial charge in [0.2, 0.25) is 0 Å². The van der Waals surface area contributed by atoms with E-state index in [1.165, 1.54) is 0 Å². The molecule has 0 spiro atoms. The topological polar surface area (TPSA) is 161 Å². The summed E-state index contributed by atoms with van der Waals surface area (Å²) in [5.74, 6) is -3.52. The van der Waals surface area contributed by atoms with Crippen molar-refractivity contribution in [3.8, 4) is 0 Å². The fourth-order valence-electron chi connectivity index (χ4n) is 1.29. The van der Waals surface area contributed by atoms with Crippen molar-refractivity contribution in [2.45, 2.75) is 0 Å². The molecule has 0 fully saturated rings. The zero-order chi connectivity index (χ0) is 14.0. The summed E-state index contributed by atoms with van der Waals surface area (Å²) in [6.07, 6.45) is 0. The molecular formula is C8H4N2O8. The van der Waals surface area contributed by atoms with E-state index in [2.05, 4.69) is 0 Å². The van der Waals surface area contributed by atoms with Crippen LogP contribution in [0.2, 0.25) is 0 Å². The Morgan fingerprint density at radius 1 is 0.889 bits per heavy atom. The van der Waals surface area contributed by atoms with Gasteiger partial charge in [-0.2, -0.15) is 0 Å². The second-order valence-electron chi connectivity index (χ2n) is 2.98. The van der Waals surface area contributed by atoms with E-state index in [0.717, 1.165) is 0 Å². The van der Waals surface area contributed by atoms with Gasteiger partial charge in [-0.05, 0) is 12.1 Å². The Balaban J connectivity index is 3.82. The van der Waals surface area contributed by atoms with Crippen molar-refractivity contribution < 1.29 is 29.6 Å². The first-order valence-corrected chi connectivity index (χ1v) is 4.19. The lowest BCUT2D eigenvalue weighted by Gasteiger charge is -2.02. The van der Waals surface area contributed by atoms with Crippen LogP contribution in [-0.4, -0.2) is 32.0 Å². The normalized spacial score (nSPS) is 9.78. The van der Waals surface area contributed by atoms with Crippen LogP contribution in [0.1, 0.15) is 20.7 Å². The van der Waals surface area contributed by atoms with Crippen molar-refractivity contribution in [3.05, 3.63) is 43.5 Å². The average molecular weight is 256 g/mol. The van der Waals surface area contributed by atoms with Gasteiger partial charge in [0.15, 0.2) is 0 Å². The number of carboxylic acid groups (broad SMARTS) is 2. The molecule has 1 aromatic carbocycles. The Labute approximate surface area is 97.4 Å². The number of nitro groups is 2. The van der Waals surface area contributed by atoms with Gasteiger partial charge in [-0.1, -0.05) is 0 Å². The summed E-state index contributed by atoms with van der Waals surface area (Å²) in [5.41, 5.74) is -4.60. The van der Waals surface area contributed by atoms with Gasteiger partial charge in [0, 0.05) is 0 Å². The van der Waals surface area contributed by atoms with Crippen molar-refractivity contribution in [3.63, 3.8) is 0 Å². The molecule has 10 nitrogen and oxygen atoms in total. The molecule has 10 heteroatoms. The van der Waals surface area contributed by atoms with E-state index in [0.29, 0.717) is 12.1 Å². The molecule has 94 valence electrons. The number of carbonyl (C=O) groups is 2. The van der Waals surface area contributed by atoms with Crippen molar-refractivity contribution in [1.82, 2.24) is 0 Å². The first-order chi connectivity index (χ1) is 8.27. The van der Waals surface area contributed by atoms with Gasteiger partial charge in [-0.25, -0.2) is 9.59 Å². The molecule has 0 amide bonds. The van der Waals surface area contributed by atoms with Gasteiger partial charge in [0.1, 0.15) is 11.1 Å². The van der Waals surface area contributed by atoms with Gasteiger partial charge < -0.3 is 10.2 Å². The molecule has 1 rings (SSSR count). The van der Waals surface area contributed by atoms with E-state index in [1.54, 1.807) is 0 Å². The third kappa shape index (κ3) is 2.07. The lowest BCUT2D eigenvalue weighted by molar-refractivity contribution is -0.422. The Hall–Kier alpha value is -3.04. The van der Waals surface area contributed by atoms with Gasteiger partial charge in [0.05, 0.1) is 9.85 Å². The summed E-state index contributed by atoms with van der Waals surface area (Å²) < 4.78 is 0. The Morgan fingerprint density at radius 2 is 1.17 bits per heavy atom. The first kappa shape index (κ1) is 13.0. The van der Waals surface area contributed by atoms with Crippen LogP contribution in [0.5, 0.6) is 0 Å². The van der Waals surface area contributed by atoms with Crippen molar-refractivity contribution in [1.29, 1.82) is 0 Å². The van der Waals surface area contributed by atoms with Crippen LogP contribution in [0.4, 0.5) is 11.4 Å². The molecule has 1 aromatic rings. The average Bonchev–Trinajstić information content (AvgIpc) is 2.26. The van der Waals surface area contributed by atoms with Gasteiger partial charge in [-0.15, -0.1) is 0 Å². The number of nitrogens with zero attached hydrogens (tertiary/aromatic N) is 2. The molecule has 0 aliphatic heterocycles. The minimum Gasteiger partial charge on any atom is -0.477 e. The van der Waals surface area contributed by atoms with Gasteiger partial charge in [0.25, 0.3) is 0 Å². The predicted octanol–water partition coefficient (Wildman–Crippen LogP) is 0.899. The van der Waals surface area contributed by atoms with Crippen LogP contribution < -0.4 is 0 Å². The maximum absolute atomic E-state index is 10.7. The number of aromatic carboxylic acids is 2. The molecule has 0 saturated carbocycles. The summed E-state index contributed by atoms with van der Waals surface area (Å²) in [6, 6.07) is 1.27. The number of benzene rings is 1. The molecule has 0 bridgehead atoms. The summed E-state index contributed by atoms with van der Waals surface area (Å²) in [6.45, 7) is 0. The van der Waals surface area contributed by atoms with Crippen LogP contribution in [0.15, 0.2) is 12.1 Å². The highest BCUT2D eigenvalue weighted by atomic mass is 16.6. The monoisotopic (exact) mass is 256 g/mol. The standard InChI is InChI=1S/C8H4N2O8/c11-7(12)3-1-2-4(8(13)14)6(10(17)18)5(3)9(15)16/h1-2H,(H,11,12)(H,13,14). The molecule has 0 atom stereocenters. The van der Waals surface area contributed by atoms with Gasteiger partial charge >= 0.3 is 23.3 Å². The molecule has 0 aliphatic rings. The second-order valence-corrected chi connectivity index (χ2v) is 2.98. The van der Waals surface area contributed by atoms with Crippen molar-refractivity contribution in [2.75, 3.05) is 0 Å². The smallest absolute Gasteiger partial charge is 0.361 e. The SMILES string of the molecule is O=C(O)c1ccc(C(=O)O)c([N+](=O)[O-])c1[N+](=O)[O-]. The molecular weight excluding hydrogens is 252 g/mol. The molecule has 18 heavy (non-hydrogen) atoms. The van der Waals surface area contributed by atoms with E-state index in [4.69, 9.17) is 10.2 Å². The summed E-state index contributed by atoms with van der Waals surface area (Å²) in [7, 11) is 0. The predicted molar refractivity (Wildman–Crippen MR) is 53.7 cm³/mol. The summed E-state index contributed by atoms with van der Waals surface area (Å²) >= 11 is 0. The molecule has 0 radical (unpaired) electrons. The zero-order valence-electron chi connectivity index (χ0n) is 8.39. The van der Waals surface area contributed by atoms with E-state index < -0.39 is 44.3 Å². The van der Waals surface area contributed by atoms with Crippen LogP contribution >= 0.6 is 0 Å². The fourth-order valence-corrected chi connectivity index (χ4v) is 1.29. The Morgan fingerprint density at radius 3 is 1.33 bits per heavy atom. The Kier molecular flexibility index (Phi) is 3.22. The highest BCUT2D eigenvalue weighted by Gasteiger charge is 2.37. The zero-order valence-corrected chi connectivity index (χ0v) is 8.39. The largest absolute Gasteiger partial charge is 0.477 e. The number of carboxylic acids is 2. The van der Waals surface area contributed by atoms with Crippen molar-refractivity contribution in [2.24, 2.45) is 0 Å². The molecule has 0 aromatic heterocycles. The third-order valence-electron chi connectivity index (χ3n) is 1.98. The fraction of sp³-hybridized carbons (Fsp3) is 0. The highest BCUT2D eigenvalue weighted by Crippen LogP contribution is 2.34. The number of hydrogen-bond acceptors (Lipinski definition) is 6. The maximum atomic E-state index is 10.7. The molecule has 0 saturated heterocycles. The Bertz CT molecular complexity index is 528. The molecule has 0 heterocycles. The second kappa shape index (κ2) is 4.45. The number of nitro benzene ring substituents is 2. The van der Waals surface area contributed by atoms with Crippen molar-refractivity contribution >= 4 is 23.3 Å². The first-order valence-electron chi connectivity index (χ1n) is 4.19. The van der Waals surface area contributed by atoms with E-state index in [-0.39, 0.29) is 0 Å². The molecule has 2 N–H and O–H groups in total.